The molecule has 1 saturated carbocycles. The van der Waals surface area contributed by atoms with Gasteiger partial charge in [-0.15, -0.1) is 0 Å². The first-order chi connectivity index (χ1) is 8.75. The number of hydrogen-bond acceptors (Lipinski definition) is 3. The zero-order chi connectivity index (χ0) is 12.5. The van der Waals surface area contributed by atoms with E-state index >= 15 is 0 Å². The Hall–Kier alpha value is -0.870. The summed E-state index contributed by atoms with van der Waals surface area (Å²) in [6.45, 7) is 5.37. The fourth-order valence-electron chi connectivity index (χ4n) is 3.36. The van der Waals surface area contributed by atoms with Gasteiger partial charge in [-0.25, -0.2) is 4.98 Å². The first-order valence-electron chi connectivity index (χ1n) is 7.23. The largest absolute Gasteiger partial charge is 0.344 e. The van der Waals surface area contributed by atoms with Crippen molar-refractivity contribution in [2.75, 3.05) is 26.7 Å². The number of aryl methyl sites for hydroxylation is 1. The molecule has 1 unspecified atom stereocenters. The summed E-state index contributed by atoms with van der Waals surface area (Å²) in [6, 6.07) is 0.410. The Morgan fingerprint density at radius 2 is 2.06 bits per heavy atom. The number of rotatable bonds is 2. The van der Waals surface area contributed by atoms with Crippen molar-refractivity contribution in [3.63, 3.8) is 0 Å². The van der Waals surface area contributed by atoms with Gasteiger partial charge >= 0.3 is 0 Å². The van der Waals surface area contributed by atoms with E-state index in [1.807, 2.05) is 0 Å². The molecule has 4 nitrogen and oxygen atoms in total. The van der Waals surface area contributed by atoms with Gasteiger partial charge in [0.25, 0.3) is 0 Å². The molecule has 3 rings (SSSR count). The van der Waals surface area contributed by atoms with Crippen LogP contribution in [0.2, 0.25) is 0 Å². The summed E-state index contributed by atoms with van der Waals surface area (Å²) in [7, 11) is 2.19. The molecule has 4 heteroatoms. The first kappa shape index (κ1) is 12.2. The molecule has 1 aromatic rings. The fraction of sp³-hybridized carbons (Fsp3) is 0.786. The Morgan fingerprint density at radius 1 is 1.28 bits per heavy atom. The number of aromatic nitrogens is 2. The van der Waals surface area contributed by atoms with Gasteiger partial charge in [-0.1, -0.05) is 12.8 Å². The van der Waals surface area contributed by atoms with E-state index < -0.39 is 0 Å². The van der Waals surface area contributed by atoms with Crippen molar-refractivity contribution in [1.29, 1.82) is 0 Å². The average Bonchev–Trinajstić information content (AvgIpc) is 2.98. The summed E-state index contributed by atoms with van der Waals surface area (Å²) >= 11 is 0. The molecule has 18 heavy (non-hydrogen) atoms. The van der Waals surface area contributed by atoms with Crippen molar-refractivity contribution in [2.24, 2.45) is 0 Å². The van der Waals surface area contributed by atoms with Crippen LogP contribution in [0.25, 0.3) is 0 Å². The van der Waals surface area contributed by atoms with Crippen LogP contribution < -0.4 is 5.32 Å². The predicted molar refractivity (Wildman–Crippen MR) is 72.8 cm³/mol. The lowest BCUT2D eigenvalue weighted by Gasteiger charge is -2.31. The molecule has 2 fully saturated rings. The molecule has 1 aliphatic heterocycles. The van der Waals surface area contributed by atoms with E-state index in [1.165, 1.54) is 37.1 Å². The monoisotopic (exact) mass is 248 g/mol. The summed E-state index contributed by atoms with van der Waals surface area (Å²) in [5.74, 6) is 1.86. The van der Waals surface area contributed by atoms with E-state index in [-0.39, 0.29) is 0 Å². The lowest BCUT2D eigenvalue weighted by Crippen LogP contribution is -2.44. The summed E-state index contributed by atoms with van der Waals surface area (Å²) in [6.07, 6.45) is 5.39. The third kappa shape index (κ3) is 2.19. The van der Waals surface area contributed by atoms with Crippen LogP contribution >= 0.6 is 0 Å². The number of nitrogens with one attached hydrogen (secondary N) is 2. The number of H-pyrrole nitrogens is 1. The average molecular weight is 248 g/mol. The van der Waals surface area contributed by atoms with Gasteiger partial charge in [0.1, 0.15) is 5.82 Å². The molecule has 0 aromatic carbocycles. The van der Waals surface area contributed by atoms with E-state index in [4.69, 9.17) is 4.98 Å². The van der Waals surface area contributed by atoms with Crippen LogP contribution in [-0.4, -0.2) is 41.5 Å². The second-order valence-corrected chi connectivity index (χ2v) is 5.81. The Kier molecular flexibility index (Phi) is 3.39. The Bertz CT molecular complexity index is 406. The minimum absolute atomic E-state index is 0.410. The zero-order valence-corrected chi connectivity index (χ0v) is 11.5. The predicted octanol–water partition coefficient (Wildman–Crippen LogP) is 1.95. The van der Waals surface area contributed by atoms with Crippen LogP contribution in [-0.2, 0) is 0 Å². The second kappa shape index (κ2) is 5.02. The molecule has 0 radical (unpaired) electrons. The van der Waals surface area contributed by atoms with Gasteiger partial charge in [0.05, 0.1) is 11.7 Å². The van der Waals surface area contributed by atoms with E-state index in [2.05, 4.69) is 29.2 Å². The van der Waals surface area contributed by atoms with Crippen LogP contribution in [0.15, 0.2) is 0 Å². The van der Waals surface area contributed by atoms with Crippen LogP contribution in [0.1, 0.15) is 54.9 Å². The minimum Gasteiger partial charge on any atom is -0.344 e. The van der Waals surface area contributed by atoms with Crippen molar-refractivity contribution in [3.05, 3.63) is 17.2 Å². The van der Waals surface area contributed by atoms with Gasteiger partial charge in [0.15, 0.2) is 0 Å². The summed E-state index contributed by atoms with van der Waals surface area (Å²) < 4.78 is 0. The number of hydrogen-bond donors (Lipinski definition) is 2. The molecular weight excluding hydrogens is 224 g/mol. The summed E-state index contributed by atoms with van der Waals surface area (Å²) in [5.41, 5.74) is 2.62. The van der Waals surface area contributed by atoms with Crippen molar-refractivity contribution in [3.8, 4) is 0 Å². The highest BCUT2D eigenvalue weighted by Gasteiger charge is 2.27. The van der Waals surface area contributed by atoms with E-state index in [0.29, 0.717) is 12.0 Å². The third-order valence-electron chi connectivity index (χ3n) is 4.51. The van der Waals surface area contributed by atoms with Gasteiger partial charge < -0.3 is 10.3 Å². The minimum atomic E-state index is 0.410. The number of nitrogens with zero attached hydrogens (tertiary/aromatic N) is 2. The maximum atomic E-state index is 4.93. The fourth-order valence-corrected chi connectivity index (χ4v) is 3.36. The molecule has 1 aromatic heterocycles. The highest BCUT2D eigenvalue weighted by atomic mass is 15.2. The van der Waals surface area contributed by atoms with Crippen molar-refractivity contribution >= 4 is 0 Å². The van der Waals surface area contributed by atoms with Gasteiger partial charge in [0.2, 0.25) is 0 Å². The maximum Gasteiger partial charge on any atom is 0.125 e. The number of likely N-dealkylation sites (N-methyl/N-ethyl adjacent to an activating group) is 1. The number of aromatic amines is 1. The molecular formula is C14H24N4. The van der Waals surface area contributed by atoms with Crippen LogP contribution in [0.3, 0.4) is 0 Å². The van der Waals surface area contributed by atoms with Crippen molar-refractivity contribution in [2.45, 2.75) is 44.6 Å². The standard InChI is InChI=1S/C14H24N4/c1-10-13(11-5-3-4-6-11)17-14(16-10)12-9-15-7-8-18(12)2/h11-12,15H,3-9H2,1-2H3,(H,16,17). The third-order valence-corrected chi connectivity index (χ3v) is 4.51. The quantitative estimate of drug-likeness (QED) is 0.841. The van der Waals surface area contributed by atoms with Crippen molar-refractivity contribution < 1.29 is 0 Å². The normalized spacial score (nSPS) is 26.9. The SMILES string of the molecule is Cc1[nH]c(C2CNCCN2C)nc1C1CCCC1. The zero-order valence-electron chi connectivity index (χ0n) is 11.5. The van der Waals surface area contributed by atoms with E-state index in [0.717, 1.165) is 25.5 Å². The Labute approximate surface area is 109 Å². The molecule has 2 heterocycles. The molecule has 0 spiro atoms. The van der Waals surface area contributed by atoms with Crippen LogP contribution in [0.4, 0.5) is 0 Å². The van der Waals surface area contributed by atoms with Crippen molar-refractivity contribution in [1.82, 2.24) is 20.2 Å². The molecule has 2 N–H and O–H groups in total. The summed E-state index contributed by atoms with van der Waals surface area (Å²) in [5, 5.41) is 3.46. The molecule has 100 valence electrons. The molecule has 0 bridgehead atoms. The van der Waals surface area contributed by atoms with Gasteiger partial charge in [0, 0.05) is 31.2 Å². The van der Waals surface area contributed by atoms with Gasteiger partial charge in [-0.3, -0.25) is 4.90 Å². The smallest absolute Gasteiger partial charge is 0.125 e. The van der Waals surface area contributed by atoms with E-state index in [9.17, 15) is 0 Å². The molecule has 0 amide bonds. The van der Waals surface area contributed by atoms with E-state index in [1.54, 1.807) is 0 Å². The topological polar surface area (TPSA) is 44.0 Å². The lowest BCUT2D eigenvalue weighted by atomic mass is 10.0. The molecule has 1 atom stereocenters. The first-order valence-corrected chi connectivity index (χ1v) is 7.23. The molecule has 1 aliphatic carbocycles. The Morgan fingerprint density at radius 3 is 2.78 bits per heavy atom. The number of imidazole rings is 1. The summed E-state index contributed by atoms with van der Waals surface area (Å²) in [4.78, 5) is 10.9. The van der Waals surface area contributed by atoms with Gasteiger partial charge in [-0.05, 0) is 26.8 Å². The molecule has 2 aliphatic rings. The maximum absolute atomic E-state index is 4.93. The molecule has 1 saturated heterocycles. The highest BCUT2D eigenvalue weighted by molar-refractivity contribution is 5.20. The van der Waals surface area contributed by atoms with Crippen LogP contribution in [0.5, 0.6) is 0 Å². The number of piperazine rings is 1. The van der Waals surface area contributed by atoms with Crippen LogP contribution in [0, 0.1) is 6.92 Å². The highest BCUT2D eigenvalue weighted by Crippen LogP contribution is 2.35. The lowest BCUT2D eigenvalue weighted by molar-refractivity contribution is 0.195. The van der Waals surface area contributed by atoms with Gasteiger partial charge in [-0.2, -0.15) is 0 Å². The Balaban J connectivity index is 1.82. The second-order valence-electron chi connectivity index (χ2n) is 5.81.